The molecule has 1 aromatic rings. The lowest BCUT2D eigenvalue weighted by Crippen LogP contribution is -2.35. The zero-order valence-corrected chi connectivity index (χ0v) is 9.06. The summed E-state index contributed by atoms with van der Waals surface area (Å²) in [6.07, 6.45) is 3.88. The van der Waals surface area contributed by atoms with Crippen LogP contribution in [0.15, 0.2) is 11.7 Å². The molecule has 0 aromatic carbocycles. The van der Waals surface area contributed by atoms with Crippen molar-refractivity contribution in [2.45, 2.75) is 26.3 Å². The maximum Gasteiger partial charge on any atom is 0.315 e. The number of carbonyl (C=O) groups is 1. The lowest BCUT2D eigenvalue weighted by atomic mass is 10.3. The first-order chi connectivity index (χ1) is 6.83. The minimum Gasteiger partial charge on any atom is -0.338 e. The van der Waals surface area contributed by atoms with E-state index in [0.29, 0.717) is 6.54 Å². The zero-order chi connectivity index (χ0) is 10.2. The smallest absolute Gasteiger partial charge is 0.315 e. The average Bonchev–Trinajstić information content (AvgIpc) is 2.68. The molecule has 0 atom stereocenters. The number of urea groups is 1. The summed E-state index contributed by atoms with van der Waals surface area (Å²) in [5.74, 6) is 0. The summed E-state index contributed by atoms with van der Waals surface area (Å²) in [4.78, 5) is 16.2. The van der Waals surface area contributed by atoms with E-state index in [0.717, 1.165) is 24.3 Å². The van der Waals surface area contributed by atoms with E-state index in [1.165, 1.54) is 11.3 Å². The maximum atomic E-state index is 11.2. The Bertz CT molecular complexity index is 261. The predicted molar refractivity (Wildman–Crippen MR) is 57.3 cm³/mol. The molecular formula is C9H15N3OS. The molecule has 0 aliphatic rings. The molecule has 0 bridgehead atoms. The van der Waals surface area contributed by atoms with Crippen LogP contribution in [0.4, 0.5) is 4.79 Å². The molecule has 2 N–H and O–H groups in total. The third-order valence-corrected chi connectivity index (χ3v) is 2.50. The van der Waals surface area contributed by atoms with Crippen LogP contribution in [0.1, 0.15) is 24.6 Å². The molecule has 78 valence electrons. The molecule has 0 aliphatic heterocycles. The van der Waals surface area contributed by atoms with Crippen molar-refractivity contribution in [1.29, 1.82) is 0 Å². The van der Waals surface area contributed by atoms with Crippen LogP contribution >= 0.6 is 11.3 Å². The number of nitrogens with one attached hydrogen (secondary N) is 2. The first kappa shape index (κ1) is 11.0. The number of nitrogens with zero attached hydrogens (tertiary/aromatic N) is 1. The summed E-state index contributed by atoms with van der Waals surface area (Å²) in [6, 6.07) is -0.105. The standard InChI is InChI=1S/C9H15N3OS/c1-2-3-4-11-9(13)12-6-8-5-10-7-14-8/h5,7H,2-4,6H2,1H3,(H2,11,12,13). The van der Waals surface area contributed by atoms with Gasteiger partial charge in [0.2, 0.25) is 0 Å². The lowest BCUT2D eigenvalue weighted by molar-refractivity contribution is 0.240. The molecule has 14 heavy (non-hydrogen) atoms. The number of carbonyl (C=O) groups excluding carboxylic acids is 1. The van der Waals surface area contributed by atoms with E-state index in [4.69, 9.17) is 0 Å². The molecule has 5 heteroatoms. The highest BCUT2D eigenvalue weighted by atomic mass is 32.1. The summed E-state index contributed by atoms with van der Waals surface area (Å²) in [7, 11) is 0. The van der Waals surface area contributed by atoms with E-state index in [1.807, 2.05) is 0 Å². The molecule has 1 rings (SSSR count). The van der Waals surface area contributed by atoms with E-state index in [-0.39, 0.29) is 6.03 Å². The number of thiazole rings is 1. The number of hydrogen-bond donors (Lipinski definition) is 2. The van der Waals surface area contributed by atoms with E-state index in [9.17, 15) is 4.79 Å². The molecule has 0 saturated carbocycles. The van der Waals surface area contributed by atoms with E-state index >= 15 is 0 Å². The van der Waals surface area contributed by atoms with Gasteiger partial charge >= 0.3 is 6.03 Å². The average molecular weight is 213 g/mol. The van der Waals surface area contributed by atoms with Gasteiger partial charge in [0.15, 0.2) is 0 Å². The fourth-order valence-electron chi connectivity index (χ4n) is 0.938. The molecule has 0 radical (unpaired) electrons. The highest BCUT2D eigenvalue weighted by molar-refractivity contribution is 7.09. The third-order valence-electron chi connectivity index (χ3n) is 1.72. The van der Waals surface area contributed by atoms with Gasteiger partial charge in [-0.1, -0.05) is 13.3 Å². The molecule has 4 nitrogen and oxygen atoms in total. The van der Waals surface area contributed by atoms with Gasteiger partial charge in [-0.2, -0.15) is 0 Å². The van der Waals surface area contributed by atoms with Crippen LogP contribution in [-0.4, -0.2) is 17.6 Å². The Morgan fingerprint density at radius 2 is 2.43 bits per heavy atom. The van der Waals surface area contributed by atoms with Gasteiger partial charge in [-0.15, -0.1) is 11.3 Å². The summed E-state index contributed by atoms with van der Waals surface area (Å²) in [5.41, 5.74) is 1.76. The second-order valence-electron chi connectivity index (χ2n) is 2.93. The predicted octanol–water partition coefficient (Wildman–Crippen LogP) is 1.74. The van der Waals surface area contributed by atoms with Crippen LogP contribution in [0.2, 0.25) is 0 Å². The van der Waals surface area contributed by atoms with Gasteiger partial charge in [0.1, 0.15) is 0 Å². The van der Waals surface area contributed by atoms with Crippen molar-refractivity contribution in [3.05, 3.63) is 16.6 Å². The summed E-state index contributed by atoms with van der Waals surface area (Å²) < 4.78 is 0. The van der Waals surface area contributed by atoms with Crippen LogP contribution < -0.4 is 10.6 Å². The summed E-state index contributed by atoms with van der Waals surface area (Å²) in [6.45, 7) is 3.39. The molecular weight excluding hydrogens is 198 g/mol. The fourth-order valence-corrected chi connectivity index (χ4v) is 1.47. The lowest BCUT2D eigenvalue weighted by Gasteiger charge is -2.04. The van der Waals surface area contributed by atoms with Crippen molar-refractivity contribution < 1.29 is 4.79 Å². The number of hydrogen-bond acceptors (Lipinski definition) is 3. The highest BCUT2D eigenvalue weighted by Crippen LogP contribution is 2.03. The Morgan fingerprint density at radius 1 is 1.57 bits per heavy atom. The van der Waals surface area contributed by atoms with Crippen LogP contribution in [0.3, 0.4) is 0 Å². The quantitative estimate of drug-likeness (QED) is 0.732. The third kappa shape index (κ3) is 4.23. The summed E-state index contributed by atoms with van der Waals surface area (Å²) in [5, 5.41) is 5.54. The number of amides is 2. The van der Waals surface area contributed by atoms with Gasteiger partial charge in [-0.05, 0) is 6.42 Å². The number of aromatic nitrogens is 1. The van der Waals surface area contributed by atoms with E-state index in [2.05, 4.69) is 22.5 Å². The van der Waals surface area contributed by atoms with Gasteiger partial charge in [-0.3, -0.25) is 4.98 Å². The Morgan fingerprint density at radius 3 is 3.07 bits per heavy atom. The van der Waals surface area contributed by atoms with Gasteiger partial charge in [0, 0.05) is 17.6 Å². The van der Waals surface area contributed by atoms with Crippen LogP contribution in [0.25, 0.3) is 0 Å². The van der Waals surface area contributed by atoms with Crippen molar-refractivity contribution in [3.8, 4) is 0 Å². The Hall–Kier alpha value is -1.10. The monoisotopic (exact) mass is 213 g/mol. The highest BCUT2D eigenvalue weighted by Gasteiger charge is 1.99. The number of unbranched alkanes of at least 4 members (excludes halogenated alkanes) is 1. The summed E-state index contributed by atoms with van der Waals surface area (Å²) >= 11 is 1.54. The van der Waals surface area contributed by atoms with Crippen molar-refractivity contribution in [2.75, 3.05) is 6.54 Å². The Balaban J connectivity index is 2.09. The maximum absolute atomic E-state index is 11.2. The molecule has 0 fully saturated rings. The normalized spacial score (nSPS) is 9.79. The van der Waals surface area contributed by atoms with Gasteiger partial charge in [-0.25, -0.2) is 4.79 Å². The van der Waals surface area contributed by atoms with Crippen molar-refractivity contribution in [3.63, 3.8) is 0 Å². The zero-order valence-electron chi connectivity index (χ0n) is 8.25. The van der Waals surface area contributed by atoms with Crippen molar-refractivity contribution in [1.82, 2.24) is 15.6 Å². The van der Waals surface area contributed by atoms with Crippen molar-refractivity contribution in [2.24, 2.45) is 0 Å². The molecule has 1 aromatic heterocycles. The molecule has 0 spiro atoms. The first-order valence-corrected chi connectivity index (χ1v) is 5.60. The van der Waals surface area contributed by atoms with Gasteiger partial charge in [0.05, 0.1) is 12.1 Å². The van der Waals surface area contributed by atoms with E-state index in [1.54, 1.807) is 11.7 Å². The minimum absolute atomic E-state index is 0.105. The van der Waals surface area contributed by atoms with Crippen LogP contribution in [0.5, 0.6) is 0 Å². The van der Waals surface area contributed by atoms with Crippen molar-refractivity contribution >= 4 is 17.4 Å². The van der Waals surface area contributed by atoms with Crippen LogP contribution in [0, 0.1) is 0 Å². The molecule has 0 aliphatic carbocycles. The number of rotatable bonds is 5. The first-order valence-electron chi connectivity index (χ1n) is 4.72. The van der Waals surface area contributed by atoms with Gasteiger partial charge < -0.3 is 10.6 Å². The largest absolute Gasteiger partial charge is 0.338 e. The fraction of sp³-hybridized carbons (Fsp3) is 0.556. The topological polar surface area (TPSA) is 54.0 Å². The second-order valence-corrected chi connectivity index (χ2v) is 3.90. The minimum atomic E-state index is -0.105. The Kier molecular flexibility index (Phi) is 4.99. The SMILES string of the molecule is CCCCNC(=O)NCc1cncs1. The molecule has 0 saturated heterocycles. The molecule has 0 unspecified atom stereocenters. The second kappa shape index (κ2) is 6.37. The van der Waals surface area contributed by atoms with Crippen LogP contribution in [-0.2, 0) is 6.54 Å². The molecule has 1 heterocycles. The Labute approximate surface area is 87.7 Å². The van der Waals surface area contributed by atoms with Gasteiger partial charge in [0.25, 0.3) is 0 Å². The van der Waals surface area contributed by atoms with E-state index < -0.39 is 0 Å². The molecule has 2 amide bonds.